The molecule has 0 spiro atoms. The number of carbonyl (C=O) groups excluding carboxylic acids is 3. The van der Waals surface area contributed by atoms with Gasteiger partial charge in [0.05, 0.1) is 12.1 Å². The lowest BCUT2D eigenvalue weighted by atomic mass is 10.0. The number of tetrazole rings is 2. The van der Waals surface area contributed by atoms with Gasteiger partial charge in [0, 0.05) is 18.9 Å². The Morgan fingerprint density at radius 2 is 1.73 bits per heavy atom. The number of Topliss-reactive ketones (excluding diaryl/α,β-unsaturated/α-hetero) is 1. The Balaban J connectivity index is 1.45. The molecule has 1 atom stereocenters. The maximum absolute atomic E-state index is 12.5. The topological polar surface area (TPSA) is 236 Å². The number of ketones is 1. The van der Waals surface area contributed by atoms with Gasteiger partial charge in [-0.2, -0.15) is 10.4 Å². The van der Waals surface area contributed by atoms with Crippen molar-refractivity contribution in [2.24, 2.45) is 5.92 Å². The molecule has 3 heterocycles. The fraction of sp³-hybridized carbons (Fsp3) is 0.579. The quantitative estimate of drug-likeness (QED) is 0.171. The number of carbonyl (C=O) groups is 3. The summed E-state index contributed by atoms with van der Waals surface area (Å²) in [5.74, 6) is -1.16. The van der Waals surface area contributed by atoms with Crippen molar-refractivity contribution in [1.29, 1.82) is 0 Å². The van der Waals surface area contributed by atoms with Crippen molar-refractivity contribution in [2.75, 3.05) is 12.3 Å². The Morgan fingerprint density at radius 3 is 2.38 bits per heavy atom. The predicted molar refractivity (Wildman–Crippen MR) is 126 cm³/mol. The van der Waals surface area contributed by atoms with Crippen LogP contribution in [0.4, 0.5) is 0 Å². The molecule has 3 aromatic heterocycles. The third-order valence-electron chi connectivity index (χ3n) is 5.43. The van der Waals surface area contributed by atoms with Gasteiger partial charge in [-0.15, -0.1) is 20.4 Å². The molecule has 18 heteroatoms. The number of aromatic amines is 2. The Bertz CT molecular complexity index is 1290. The molecule has 0 fully saturated rings. The van der Waals surface area contributed by atoms with E-state index >= 15 is 0 Å². The van der Waals surface area contributed by atoms with Crippen LogP contribution in [0.1, 0.15) is 46.0 Å². The number of unbranched alkanes of at least 4 members (excludes halogenated alkanes) is 1. The highest BCUT2D eigenvalue weighted by atomic mass is 32.2. The molecule has 0 bridgehead atoms. The van der Waals surface area contributed by atoms with Crippen LogP contribution in [0.25, 0.3) is 23.0 Å². The van der Waals surface area contributed by atoms with Gasteiger partial charge in [-0.1, -0.05) is 13.3 Å². The maximum Gasteiger partial charge on any atom is 0.253 e. The van der Waals surface area contributed by atoms with Gasteiger partial charge in [-0.3, -0.25) is 19.1 Å². The minimum Gasteiger partial charge on any atom is -0.356 e. The first-order chi connectivity index (χ1) is 17.7. The van der Waals surface area contributed by atoms with E-state index in [1.165, 1.54) is 10.9 Å². The monoisotopic (exact) mass is 536 g/mol. The Labute approximate surface area is 211 Å². The van der Waals surface area contributed by atoms with E-state index in [1.807, 2.05) is 11.6 Å². The highest BCUT2D eigenvalue weighted by molar-refractivity contribution is 7.90. The minimum absolute atomic E-state index is 0.00276. The van der Waals surface area contributed by atoms with Gasteiger partial charge in [0.15, 0.2) is 0 Å². The predicted octanol–water partition coefficient (Wildman–Crippen LogP) is -1.02. The van der Waals surface area contributed by atoms with Crippen molar-refractivity contribution in [3.63, 3.8) is 0 Å². The number of H-pyrrole nitrogens is 2. The highest BCUT2D eigenvalue weighted by Crippen LogP contribution is 2.25. The average Bonchev–Trinajstić information content (AvgIpc) is 3.59. The number of nitrogens with one attached hydrogen (secondary N) is 4. The zero-order chi connectivity index (χ0) is 26.8. The molecule has 2 amide bonds. The minimum atomic E-state index is -3.98. The Kier molecular flexibility index (Phi) is 9.47. The number of rotatable bonds is 15. The zero-order valence-electron chi connectivity index (χ0n) is 20.3. The summed E-state index contributed by atoms with van der Waals surface area (Å²) in [6.45, 7) is 3.46. The molecule has 0 saturated carbocycles. The van der Waals surface area contributed by atoms with Crippen LogP contribution in [0.15, 0.2) is 6.33 Å². The molecule has 4 N–H and O–H groups in total. The summed E-state index contributed by atoms with van der Waals surface area (Å²) in [6.07, 6.45) is 3.62. The summed E-state index contributed by atoms with van der Waals surface area (Å²) in [5.41, 5.74) is 0.445. The number of sulfonamides is 1. The molecule has 0 unspecified atom stereocenters. The third-order valence-corrected chi connectivity index (χ3v) is 6.80. The van der Waals surface area contributed by atoms with Gasteiger partial charge < -0.3 is 9.88 Å². The number of amides is 2. The largest absolute Gasteiger partial charge is 0.356 e. The van der Waals surface area contributed by atoms with Crippen LogP contribution in [0.2, 0.25) is 0 Å². The van der Waals surface area contributed by atoms with Crippen LogP contribution in [-0.4, -0.2) is 89.1 Å². The van der Waals surface area contributed by atoms with Crippen LogP contribution >= 0.6 is 0 Å². The molecule has 0 aliphatic heterocycles. The van der Waals surface area contributed by atoms with Crippen molar-refractivity contribution in [3.8, 4) is 23.0 Å². The van der Waals surface area contributed by atoms with E-state index in [0.29, 0.717) is 6.54 Å². The molecule has 0 radical (unpaired) electrons. The lowest BCUT2D eigenvalue weighted by molar-refractivity contribution is -0.121. The first kappa shape index (κ1) is 27.5. The Morgan fingerprint density at radius 1 is 1.03 bits per heavy atom. The second-order valence-corrected chi connectivity index (χ2v) is 10.2. The van der Waals surface area contributed by atoms with Gasteiger partial charge in [-0.25, -0.2) is 13.4 Å². The van der Waals surface area contributed by atoms with E-state index in [4.69, 9.17) is 0 Å². The smallest absolute Gasteiger partial charge is 0.253 e. The molecule has 3 rings (SSSR count). The second kappa shape index (κ2) is 12.7. The van der Waals surface area contributed by atoms with E-state index in [-0.39, 0.29) is 53.5 Å². The van der Waals surface area contributed by atoms with E-state index in [0.717, 1.165) is 19.3 Å². The fourth-order valence-corrected chi connectivity index (χ4v) is 4.39. The van der Waals surface area contributed by atoms with Gasteiger partial charge in [0.2, 0.25) is 27.6 Å². The standard InChI is InChI=1S/C19H28N12O5S/c1-12(13(2)32)6-3-4-8-20-14(33)7-5-9-37(35,36)26-15(34)10-31-11-21-16(18-22-27-28-23-18)17(31)19-24-29-30-25-19/h11-12H,3-10H2,1-2H3,(H,20,33)(H,26,34)(H,22,23,27,28)(H,24,25,29,30)/t12-/m0/s1. The fourth-order valence-electron chi connectivity index (χ4n) is 3.35. The van der Waals surface area contributed by atoms with Gasteiger partial charge in [-0.05, 0) is 36.6 Å². The summed E-state index contributed by atoms with van der Waals surface area (Å²) in [6, 6.07) is 0. The van der Waals surface area contributed by atoms with Crippen molar-refractivity contribution in [3.05, 3.63) is 6.33 Å². The number of hydrogen-bond acceptors (Lipinski definition) is 12. The van der Waals surface area contributed by atoms with Gasteiger partial charge in [0.1, 0.15) is 23.7 Å². The molecule has 17 nitrogen and oxygen atoms in total. The second-order valence-electron chi connectivity index (χ2n) is 8.35. The Hall–Kier alpha value is -4.09. The summed E-state index contributed by atoms with van der Waals surface area (Å²) in [5, 5.41) is 29.7. The summed E-state index contributed by atoms with van der Waals surface area (Å²) < 4.78 is 28.0. The molecular formula is C19H28N12O5S. The number of hydrogen-bond donors (Lipinski definition) is 4. The van der Waals surface area contributed by atoms with Gasteiger partial charge in [0.25, 0.3) is 5.91 Å². The maximum atomic E-state index is 12.5. The zero-order valence-corrected chi connectivity index (χ0v) is 21.2. The number of nitrogens with zero attached hydrogens (tertiary/aromatic N) is 8. The van der Waals surface area contributed by atoms with E-state index < -0.39 is 28.2 Å². The van der Waals surface area contributed by atoms with Crippen molar-refractivity contribution in [2.45, 2.75) is 52.5 Å². The first-order valence-corrected chi connectivity index (χ1v) is 13.1. The van der Waals surface area contributed by atoms with Crippen LogP contribution in [0, 0.1) is 5.92 Å². The third kappa shape index (κ3) is 8.23. The first-order valence-electron chi connectivity index (χ1n) is 11.5. The van der Waals surface area contributed by atoms with Gasteiger partial charge >= 0.3 is 0 Å². The number of imidazole rings is 1. The summed E-state index contributed by atoms with van der Waals surface area (Å²) in [7, 11) is -3.98. The molecular weight excluding hydrogens is 508 g/mol. The summed E-state index contributed by atoms with van der Waals surface area (Å²) in [4.78, 5) is 39.8. The average molecular weight is 537 g/mol. The van der Waals surface area contributed by atoms with Crippen LogP contribution in [-0.2, 0) is 31.0 Å². The molecule has 0 saturated heterocycles. The lowest BCUT2D eigenvalue weighted by Gasteiger charge is -2.10. The van der Waals surface area contributed by atoms with Crippen molar-refractivity contribution >= 4 is 27.6 Å². The molecule has 0 aliphatic rings. The molecule has 0 aromatic carbocycles. The molecule has 37 heavy (non-hydrogen) atoms. The molecule has 0 aliphatic carbocycles. The highest BCUT2D eigenvalue weighted by Gasteiger charge is 2.24. The van der Waals surface area contributed by atoms with E-state index in [1.54, 1.807) is 6.92 Å². The van der Waals surface area contributed by atoms with Crippen LogP contribution in [0.5, 0.6) is 0 Å². The lowest BCUT2D eigenvalue weighted by Crippen LogP contribution is -2.35. The molecule has 200 valence electrons. The van der Waals surface area contributed by atoms with Crippen LogP contribution < -0.4 is 10.0 Å². The van der Waals surface area contributed by atoms with E-state index in [2.05, 4.69) is 51.5 Å². The SMILES string of the molecule is CC(=O)[C@@H](C)CCCCNC(=O)CCCS(=O)(=O)NC(=O)Cn1cnc(-c2nn[nH]n2)c1-c1nn[nH]n1. The normalized spacial score (nSPS) is 12.3. The summed E-state index contributed by atoms with van der Waals surface area (Å²) >= 11 is 0. The van der Waals surface area contributed by atoms with Crippen molar-refractivity contribution in [1.82, 2.24) is 60.8 Å². The number of aromatic nitrogens is 10. The molecule has 3 aromatic rings. The van der Waals surface area contributed by atoms with Crippen LogP contribution in [0.3, 0.4) is 0 Å². The van der Waals surface area contributed by atoms with Crippen molar-refractivity contribution < 1.29 is 22.8 Å². The van der Waals surface area contributed by atoms with E-state index in [9.17, 15) is 22.8 Å².